The van der Waals surface area contributed by atoms with Crippen LogP contribution in [0.25, 0.3) is 0 Å². The maximum Gasteiger partial charge on any atom is 0.459 e. The van der Waals surface area contributed by atoms with Crippen LogP contribution in [0.5, 0.6) is 5.75 Å². The van der Waals surface area contributed by atoms with Gasteiger partial charge in [-0.2, -0.15) is 9.48 Å². The second-order valence-electron chi connectivity index (χ2n) is 9.15. The van der Waals surface area contributed by atoms with Crippen LogP contribution < -0.4 is 20.9 Å². The first-order chi connectivity index (χ1) is 18.2. The number of benzene rings is 1. The number of alkyl halides is 2. The van der Waals surface area contributed by atoms with E-state index in [-0.39, 0.29) is 10.3 Å². The van der Waals surface area contributed by atoms with Crippen molar-refractivity contribution in [3.63, 3.8) is 0 Å². The van der Waals surface area contributed by atoms with Crippen molar-refractivity contribution in [1.29, 1.82) is 0 Å². The minimum absolute atomic E-state index is 0.0505. The van der Waals surface area contributed by atoms with Crippen molar-refractivity contribution in [3.05, 3.63) is 63.2 Å². The zero-order valence-corrected chi connectivity index (χ0v) is 22.3. The summed E-state index contributed by atoms with van der Waals surface area (Å²) in [6.45, 7) is 3.83. The number of carbonyl (C=O) groups excluding carboxylic acids is 1. The minimum Gasteiger partial charge on any atom is -0.462 e. The topological polar surface area (TPSA) is 158 Å². The molecule has 1 aromatic carbocycles. The molecule has 7 atom stereocenters. The van der Waals surface area contributed by atoms with Crippen LogP contribution in [0.1, 0.15) is 33.9 Å². The fraction of sp³-hybridized carbons (Fsp3) is 0.522. The second-order valence-corrected chi connectivity index (χ2v) is 10.8. The van der Waals surface area contributed by atoms with Gasteiger partial charge in [-0.1, -0.05) is 18.2 Å². The van der Waals surface area contributed by atoms with Gasteiger partial charge in [0.05, 0.1) is 18.4 Å². The average Bonchev–Trinajstić information content (AvgIpc) is 3.12. The molecule has 1 aliphatic heterocycles. The van der Waals surface area contributed by atoms with E-state index in [1.165, 1.54) is 26.0 Å². The van der Waals surface area contributed by atoms with Crippen molar-refractivity contribution in [2.24, 2.45) is 0 Å². The average molecular weight is 579 g/mol. The van der Waals surface area contributed by atoms with Gasteiger partial charge in [-0.05, 0) is 39.8 Å². The summed E-state index contributed by atoms with van der Waals surface area (Å²) in [7, 11) is -4.53. The van der Waals surface area contributed by atoms with Gasteiger partial charge in [0.2, 0.25) is 11.5 Å². The minimum atomic E-state index is -4.53. The molecule has 0 bridgehead atoms. The van der Waals surface area contributed by atoms with E-state index in [0.717, 1.165) is 0 Å². The number of esters is 1. The molecule has 0 amide bonds. The second kappa shape index (κ2) is 12.0. The molecule has 1 saturated heterocycles. The van der Waals surface area contributed by atoms with Gasteiger partial charge in [0.15, 0.2) is 6.23 Å². The van der Waals surface area contributed by atoms with Crippen molar-refractivity contribution < 1.29 is 46.2 Å². The predicted molar refractivity (Wildman–Crippen MR) is 130 cm³/mol. The number of H-pyrrole nitrogens is 1. The molecule has 1 aromatic heterocycles. The molecule has 0 radical (unpaired) electrons. The summed E-state index contributed by atoms with van der Waals surface area (Å²) in [5.41, 5.74) is -6.04. The molecular weight excluding hydrogens is 550 g/mol. The summed E-state index contributed by atoms with van der Waals surface area (Å²) in [6, 6.07) is 6.42. The maximum absolute atomic E-state index is 15.7. The third-order valence-corrected chi connectivity index (χ3v) is 7.44. The number of aromatic amines is 1. The normalized spacial score (nSPS) is 26.1. The number of aliphatic hydroxyl groups is 1. The summed E-state index contributed by atoms with van der Waals surface area (Å²) in [5, 5.41) is 13.1. The molecular formula is C23H29F3N3O9P. The first kappa shape index (κ1) is 30.6. The zero-order chi connectivity index (χ0) is 29.1. The quantitative estimate of drug-likeness (QED) is 0.266. The maximum atomic E-state index is 15.7. The fourth-order valence-corrected chi connectivity index (χ4v) is 5.49. The molecule has 3 rings (SSSR count). The highest BCUT2D eigenvalue weighted by molar-refractivity contribution is 7.52. The number of nitrogens with one attached hydrogen (secondary N) is 2. The Kier molecular flexibility index (Phi) is 9.44. The van der Waals surface area contributed by atoms with Crippen molar-refractivity contribution in [1.82, 2.24) is 14.6 Å². The Bertz CT molecular complexity index is 1330. The Balaban J connectivity index is 1.91. The highest BCUT2D eigenvalue weighted by atomic mass is 31.2. The number of para-hydroxylation sites is 1. The molecule has 39 heavy (non-hydrogen) atoms. The molecule has 12 nitrogen and oxygen atoms in total. The molecule has 1 unspecified atom stereocenters. The number of rotatable bonds is 11. The molecule has 3 N–H and O–H groups in total. The van der Waals surface area contributed by atoms with Gasteiger partial charge >= 0.3 is 19.4 Å². The lowest BCUT2D eigenvalue weighted by Gasteiger charge is -2.29. The Morgan fingerprint density at radius 2 is 1.90 bits per heavy atom. The molecule has 0 spiro atoms. The largest absolute Gasteiger partial charge is 0.462 e. The summed E-state index contributed by atoms with van der Waals surface area (Å²) in [4.78, 5) is 37.5. The van der Waals surface area contributed by atoms with Crippen LogP contribution in [-0.4, -0.2) is 63.4 Å². The molecule has 2 heterocycles. The van der Waals surface area contributed by atoms with E-state index in [0.29, 0.717) is 6.20 Å². The highest BCUT2D eigenvalue weighted by Crippen LogP contribution is 2.49. The smallest absolute Gasteiger partial charge is 0.459 e. The van der Waals surface area contributed by atoms with E-state index in [1.807, 2.05) is 0 Å². The third-order valence-electron chi connectivity index (χ3n) is 5.67. The van der Waals surface area contributed by atoms with E-state index in [4.69, 9.17) is 18.5 Å². The van der Waals surface area contributed by atoms with Crippen LogP contribution >= 0.6 is 7.75 Å². The molecule has 2 aromatic rings. The van der Waals surface area contributed by atoms with E-state index < -0.39 is 79.8 Å². The summed E-state index contributed by atoms with van der Waals surface area (Å²) < 4.78 is 79.0. The van der Waals surface area contributed by atoms with Crippen LogP contribution in [-0.2, 0) is 23.4 Å². The van der Waals surface area contributed by atoms with Gasteiger partial charge in [0, 0.05) is 0 Å². The van der Waals surface area contributed by atoms with Gasteiger partial charge < -0.3 is 19.1 Å². The number of ether oxygens (including phenoxy) is 2. The van der Waals surface area contributed by atoms with Crippen LogP contribution in [0.4, 0.5) is 13.2 Å². The summed E-state index contributed by atoms with van der Waals surface area (Å²) in [5.74, 6) is -2.24. The number of aliphatic hydroxyl groups excluding tert-OH is 1. The van der Waals surface area contributed by atoms with E-state index in [2.05, 4.69) is 5.09 Å². The molecule has 0 saturated carbocycles. The fourth-order valence-electron chi connectivity index (χ4n) is 3.80. The van der Waals surface area contributed by atoms with Crippen LogP contribution in [0.15, 0.2) is 46.1 Å². The molecule has 16 heteroatoms. The van der Waals surface area contributed by atoms with Crippen LogP contribution in [0, 0.1) is 5.82 Å². The Morgan fingerprint density at radius 3 is 2.49 bits per heavy atom. The first-order valence-corrected chi connectivity index (χ1v) is 13.4. The molecule has 1 fully saturated rings. The van der Waals surface area contributed by atoms with Gasteiger partial charge in [-0.3, -0.25) is 23.7 Å². The van der Waals surface area contributed by atoms with Crippen molar-refractivity contribution in [2.45, 2.75) is 70.0 Å². The summed E-state index contributed by atoms with van der Waals surface area (Å²) >= 11 is 0. The third kappa shape index (κ3) is 6.79. The number of nitrogens with zero attached hydrogens (tertiary/aromatic N) is 1. The Labute approximate surface area is 220 Å². The number of hydrogen-bond donors (Lipinski definition) is 3. The molecule has 0 aliphatic carbocycles. The van der Waals surface area contributed by atoms with Gasteiger partial charge in [0.1, 0.15) is 30.7 Å². The first-order valence-electron chi connectivity index (χ1n) is 11.8. The van der Waals surface area contributed by atoms with Crippen LogP contribution in [0.2, 0.25) is 0 Å². The SMILES string of the molecule is CC(C)OC(=O)[C@H](C)N[P@](=O)(Oc1ccccc1)O[C@H](C)[C@H]1O[C@@H](n2cc(F)c(=O)[nH]c2=O)[C@@](F)(CF)C1O. The van der Waals surface area contributed by atoms with Gasteiger partial charge in [-0.15, -0.1) is 0 Å². The molecule has 216 valence electrons. The lowest BCUT2D eigenvalue weighted by Crippen LogP contribution is -2.49. The monoisotopic (exact) mass is 579 g/mol. The summed E-state index contributed by atoms with van der Waals surface area (Å²) in [6.07, 6.45) is -8.07. The van der Waals surface area contributed by atoms with Gasteiger partial charge in [-0.25, -0.2) is 18.1 Å². The van der Waals surface area contributed by atoms with E-state index in [1.54, 1.807) is 37.0 Å². The van der Waals surface area contributed by atoms with E-state index in [9.17, 15) is 32.8 Å². The Morgan fingerprint density at radius 1 is 1.26 bits per heavy atom. The Hall–Kier alpha value is -2.97. The number of carbonyl (C=O) groups is 1. The lowest BCUT2D eigenvalue weighted by atomic mass is 9.95. The van der Waals surface area contributed by atoms with Crippen LogP contribution in [0.3, 0.4) is 0 Å². The standard InChI is InChI=1S/C23H29F3N3O9P/c1-12(2)35-20(32)13(3)28-39(34,38-15-8-6-5-7-9-15)37-14(4)17-18(30)23(26,11-24)21(36-17)29-10-16(25)19(31)27-22(29)33/h5-10,12-14,17-18,21,30H,11H2,1-4H3,(H,28,34)(H,27,31,33)/t13-,14+,17+,18?,21+,23+,39+/m0/s1. The zero-order valence-electron chi connectivity index (χ0n) is 21.4. The van der Waals surface area contributed by atoms with Crippen molar-refractivity contribution >= 4 is 13.7 Å². The highest BCUT2D eigenvalue weighted by Gasteiger charge is 2.61. The van der Waals surface area contributed by atoms with Crippen molar-refractivity contribution in [3.8, 4) is 5.75 Å². The van der Waals surface area contributed by atoms with Gasteiger partial charge in [0.25, 0.3) is 5.56 Å². The predicted octanol–water partition coefficient (Wildman–Crippen LogP) is 2.13. The number of aromatic nitrogens is 2. The van der Waals surface area contributed by atoms with Crippen molar-refractivity contribution in [2.75, 3.05) is 6.67 Å². The molecule has 1 aliphatic rings. The number of halogens is 3. The van der Waals surface area contributed by atoms with E-state index >= 15 is 4.39 Å². The number of hydrogen-bond acceptors (Lipinski definition) is 9. The lowest BCUT2D eigenvalue weighted by molar-refractivity contribution is -0.149.